The normalized spacial score (nSPS) is 12.1. The number of halogens is 1. The van der Waals surface area contributed by atoms with Crippen molar-refractivity contribution in [3.05, 3.63) is 39.9 Å². The molecule has 1 N–H and O–H groups in total. The summed E-state index contributed by atoms with van der Waals surface area (Å²) in [6.07, 6.45) is 3.35. The maximum atomic E-state index is 5.47. The molecule has 0 radical (unpaired) electrons. The van der Waals surface area contributed by atoms with E-state index in [0.717, 1.165) is 23.2 Å². The fraction of sp³-hybridized carbons (Fsp3) is 0.467. The first-order valence-corrected chi connectivity index (χ1v) is 7.09. The Kier molecular flexibility index (Phi) is 6.44. The fourth-order valence-electron chi connectivity index (χ4n) is 1.83. The number of nitrogens with one attached hydrogen (secondary N) is 1. The first-order valence-electron chi connectivity index (χ1n) is 6.30. The zero-order valence-corrected chi connectivity index (χ0v) is 13.2. The summed E-state index contributed by atoms with van der Waals surface area (Å²) in [5.41, 5.74) is 2.48. The molecule has 0 amide bonds. The number of rotatable bonds is 6. The fourth-order valence-corrected chi connectivity index (χ4v) is 2.17. The second-order valence-electron chi connectivity index (χ2n) is 4.56. The average molecular weight is 312 g/mol. The highest BCUT2D eigenvalue weighted by molar-refractivity contribution is 9.10. The predicted molar refractivity (Wildman–Crippen MR) is 81.2 cm³/mol. The Balaban J connectivity index is 3.07. The number of allylic oxidation sites excluding steroid dienone is 1. The lowest BCUT2D eigenvalue weighted by Gasteiger charge is -2.19. The second kappa shape index (κ2) is 7.59. The van der Waals surface area contributed by atoms with Gasteiger partial charge in [0.05, 0.1) is 13.2 Å². The van der Waals surface area contributed by atoms with Gasteiger partial charge in [-0.05, 0) is 38.9 Å². The van der Waals surface area contributed by atoms with E-state index in [-0.39, 0.29) is 6.04 Å². The van der Waals surface area contributed by atoms with Gasteiger partial charge < -0.3 is 10.1 Å². The first kappa shape index (κ1) is 15.3. The summed E-state index contributed by atoms with van der Waals surface area (Å²) < 4.78 is 6.51. The van der Waals surface area contributed by atoms with Gasteiger partial charge in [-0.15, -0.1) is 0 Å². The number of ether oxygens (including phenoxy) is 1. The zero-order chi connectivity index (χ0) is 13.5. The standard InChI is InChI=1S/C15H22BrNO/c1-5-8-17-14(9-11(2)3)13-7-6-12(16)10-15(13)18-4/h6-7,9-10,14,17H,5,8H2,1-4H3. The number of methoxy groups -OCH3 is 1. The van der Waals surface area contributed by atoms with E-state index in [1.807, 2.05) is 6.07 Å². The van der Waals surface area contributed by atoms with Gasteiger partial charge in [-0.3, -0.25) is 0 Å². The Hall–Kier alpha value is -0.800. The van der Waals surface area contributed by atoms with Crippen molar-refractivity contribution < 1.29 is 4.74 Å². The first-order chi connectivity index (χ1) is 8.58. The van der Waals surface area contributed by atoms with Crippen LogP contribution in [0.3, 0.4) is 0 Å². The molecule has 1 unspecified atom stereocenters. The van der Waals surface area contributed by atoms with Crippen LogP contribution < -0.4 is 10.1 Å². The van der Waals surface area contributed by atoms with E-state index in [1.54, 1.807) is 7.11 Å². The van der Waals surface area contributed by atoms with E-state index >= 15 is 0 Å². The highest BCUT2D eigenvalue weighted by Gasteiger charge is 2.13. The lowest BCUT2D eigenvalue weighted by atomic mass is 10.0. The molecule has 0 spiro atoms. The third-order valence-corrected chi connectivity index (χ3v) is 3.14. The SMILES string of the molecule is CCCNC(C=C(C)C)c1ccc(Br)cc1OC. The van der Waals surface area contributed by atoms with Gasteiger partial charge in [0.15, 0.2) is 0 Å². The zero-order valence-electron chi connectivity index (χ0n) is 11.6. The topological polar surface area (TPSA) is 21.3 Å². The molecule has 18 heavy (non-hydrogen) atoms. The maximum absolute atomic E-state index is 5.47. The Labute approximate surface area is 119 Å². The molecule has 1 aromatic carbocycles. The monoisotopic (exact) mass is 311 g/mol. The third-order valence-electron chi connectivity index (χ3n) is 2.64. The Morgan fingerprint density at radius 2 is 2.17 bits per heavy atom. The molecular weight excluding hydrogens is 290 g/mol. The van der Waals surface area contributed by atoms with Gasteiger partial charge >= 0.3 is 0 Å². The molecule has 0 saturated heterocycles. The Morgan fingerprint density at radius 3 is 2.72 bits per heavy atom. The van der Waals surface area contributed by atoms with Crippen LogP contribution in [-0.2, 0) is 0 Å². The van der Waals surface area contributed by atoms with E-state index < -0.39 is 0 Å². The summed E-state index contributed by atoms with van der Waals surface area (Å²) in [6, 6.07) is 6.37. The smallest absolute Gasteiger partial charge is 0.125 e. The lowest BCUT2D eigenvalue weighted by Crippen LogP contribution is -2.21. The minimum Gasteiger partial charge on any atom is -0.496 e. The van der Waals surface area contributed by atoms with Crippen molar-refractivity contribution >= 4 is 15.9 Å². The Morgan fingerprint density at radius 1 is 1.44 bits per heavy atom. The molecule has 1 aromatic rings. The van der Waals surface area contributed by atoms with E-state index in [2.05, 4.69) is 60.2 Å². The van der Waals surface area contributed by atoms with Crippen LogP contribution in [0.4, 0.5) is 0 Å². The number of hydrogen-bond acceptors (Lipinski definition) is 2. The average Bonchev–Trinajstić information content (AvgIpc) is 2.34. The van der Waals surface area contributed by atoms with Gasteiger partial charge in [-0.25, -0.2) is 0 Å². The summed E-state index contributed by atoms with van der Waals surface area (Å²) in [6.45, 7) is 7.40. The number of benzene rings is 1. The van der Waals surface area contributed by atoms with E-state index in [1.165, 1.54) is 11.1 Å². The second-order valence-corrected chi connectivity index (χ2v) is 5.48. The van der Waals surface area contributed by atoms with Gasteiger partial charge in [0.1, 0.15) is 5.75 Å². The predicted octanol–water partition coefficient (Wildman–Crippen LogP) is 4.46. The third kappa shape index (κ3) is 4.46. The van der Waals surface area contributed by atoms with Crippen molar-refractivity contribution in [3.8, 4) is 5.75 Å². The lowest BCUT2D eigenvalue weighted by molar-refractivity contribution is 0.404. The number of hydrogen-bond donors (Lipinski definition) is 1. The molecule has 0 aliphatic heterocycles. The van der Waals surface area contributed by atoms with Crippen LogP contribution in [0, 0.1) is 0 Å². The quantitative estimate of drug-likeness (QED) is 0.783. The van der Waals surface area contributed by atoms with Crippen LogP contribution in [0.25, 0.3) is 0 Å². The van der Waals surface area contributed by atoms with Crippen LogP contribution in [0.2, 0.25) is 0 Å². The van der Waals surface area contributed by atoms with Crippen molar-refractivity contribution in [1.82, 2.24) is 5.32 Å². The molecule has 1 rings (SSSR count). The van der Waals surface area contributed by atoms with Crippen molar-refractivity contribution in [1.29, 1.82) is 0 Å². The van der Waals surface area contributed by atoms with E-state index in [0.29, 0.717) is 0 Å². The molecule has 0 aromatic heterocycles. The molecule has 0 fully saturated rings. The molecule has 2 nitrogen and oxygen atoms in total. The van der Waals surface area contributed by atoms with Gasteiger partial charge in [-0.2, -0.15) is 0 Å². The van der Waals surface area contributed by atoms with E-state index in [4.69, 9.17) is 4.74 Å². The van der Waals surface area contributed by atoms with E-state index in [9.17, 15) is 0 Å². The van der Waals surface area contributed by atoms with Gasteiger partial charge in [0.25, 0.3) is 0 Å². The van der Waals surface area contributed by atoms with Crippen LogP contribution >= 0.6 is 15.9 Å². The van der Waals surface area contributed by atoms with Crippen LogP contribution in [0.5, 0.6) is 5.75 Å². The molecular formula is C15H22BrNO. The summed E-state index contributed by atoms with van der Waals surface area (Å²) in [4.78, 5) is 0. The molecule has 0 aliphatic carbocycles. The maximum Gasteiger partial charge on any atom is 0.125 e. The summed E-state index contributed by atoms with van der Waals surface area (Å²) in [5, 5.41) is 3.54. The van der Waals surface area contributed by atoms with Crippen molar-refractivity contribution in [2.24, 2.45) is 0 Å². The molecule has 0 aliphatic rings. The molecule has 3 heteroatoms. The summed E-state index contributed by atoms with van der Waals surface area (Å²) in [7, 11) is 1.71. The minimum atomic E-state index is 0.206. The molecule has 1 atom stereocenters. The highest BCUT2D eigenvalue weighted by Crippen LogP contribution is 2.29. The van der Waals surface area contributed by atoms with Crippen molar-refractivity contribution in [3.63, 3.8) is 0 Å². The van der Waals surface area contributed by atoms with Crippen molar-refractivity contribution in [2.75, 3.05) is 13.7 Å². The summed E-state index contributed by atoms with van der Waals surface area (Å²) in [5.74, 6) is 0.912. The largest absolute Gasteiger partial charge is 0.496 e. The highest BCUT2D eigenvalue weighted by atomic mass is 79.9. The molecule has 0 heterocycles. The minimum absolute atomic E-state index is 0.206. The van der Waals surface area contributed by atoms with Crippen molar-refractivity contribution in [2.45, 2.75) is 33.2 Å². The Bertz CT molecular complexity index is 411. The molecule has 0 bridgehead atoms. The van der Waals surface area contributed by atoms with Crippen LogP contribution in [0.15, 0.2) is 34.3 Å². The molecule has 100 valence electrons. The molecule has 0 saturated carbocycles. The van der Waals surface area contributed by atoms with Gasteiger partial charge in [0.2, 0.25) is 0 Å². The van der Waals surface area contributed by atoms with Crippen LogP contribution in [0.1, 0.15) is 38.8 Å². The van der Waals surface area contributed by atoms with Crippen LogP contribution in [-0.4, -0.2) is 13.7 Å². The summed E-state index contributed by atoms with van der Waals surface area (Å²) >= 11 is 3.47. The van der Waals surface area contributed by atoms with Gasteiger partial charge in [0, 0.05) is 10.0 Å². The van der Waals surface area contributed by atoms with Gasteiger partial charge in [-0.1, -0.05) is 40.6 Å².